The van der Waals surface area contributed by atoms with E-state index in [4.69, 9.17) is 0 Å². The average Bonchev–Trinajstić information content (AvgIpc) is 2.50. The van der Waals surface area contributed by atoms with Crippen molar-refractivity contribution in [3.05, 3.63) is 0 Å². The molecule has 1 fully saturated rings. The Balaban J connectivity index is 0.00000529. The minimum atomic E-state index is 0. The van der Waals surface area contributed by atoms with Crippen molar-refractivity contribution in [3.63, 3.8) is 0 Å². The second kappa shape index (κ2) is 11.9. The van der Waals surface area contributed by atoms with E-state index < -0.39 is 0 Å². The Morgan fingerprint density at radius 1 is 1.21 bits per heavy atom. The molecule has 1 aliphatic rings. The second-order valence-electron chi connectivity index (χ2n) is 7.04. The van der Waals surface area contributed by atoms with Crippen LogP contribution in [0.25, 0.3) is 0 Å². The molecule has 7 nitrogen and oxygen atoms in total. The standard InChI is InChI=1S/C16H34N6O.HI/c1-16(2,3)20-9-8-19-15(18-5)21-13-6-10-22(11-7-13)12-14(23)17-4;/h13,20H,6-12H2,1-5H3,(H,17,23)(H2,18,19,21);1H. The average molecular weight is 454 g/mol. The van der Waals surface area contributed by atoms with Crippen LogP contribution in [0.3, 0.4) is 0 Å². The Kier molecular flexibility index (Phi) is 11.6. The smallest absolute Gasteiger partial charge is 0.233 e. The summed E-state index contributed by atoms with van der Waals surface area (Å²) in [6.07, 6.45) is 2.05. The van der Waals surface area contributed by atoms with Gasteiger partial charge in [-0.05, 0) is 33.6 Å². The van der Waals surface area contributed by atoms with Crippen molar-refractivity contribution in [2.75, 3.05) is 46.8 Å². The summed E-state index contributed by atoms with van der Waals surface area (Å²) in [6, 6.07) is 0.415. The highest BCUT2D eigenvalue weighted by Gasteiger charge is 2.21. The number of rotatable bonds is 6. The highest BCUT2D eigenvalue weighted by molar-refractivity contribution is 14.0. The van der Waals surface area contributed by atoms with Gasteiger partial charge in [-0.25, -0.2) is 0 Å². The molecule has 0 aromatic heterocycles. The molecule has 142 valence electrons. The fourth-order valence-corrected chi connectivity index (χ4v) is 2.52. The predicted octanol–water partition coefficient (Wildman–Crippen LogP) is 0.368. The third-order valence-electron chi connectivity index (χ3n) is 3.87. The first-order valence-electron chi connectivity index (χ1n) is 8.49. The first kappa shape index (κ1) is 23.4. The van der Waals surface area contributed by atoms with Gasteiger partial charge in [-0.2, -0.15) is 0 Å². The van der Waals surface area contributed by atoms with Gasteiger partial charge in [-0.3, -0.25) is 14.7 Å². The van der Waals surface area contributed by atoms with Crippen molar-refractivity contribution in [2.24, 2.45) is 4.99 Å². The van der Waals surface area contributed by atoms with Crippen LogP contribution < -0.4 is 21.3 Å². The molecule has 8 heteroatoms. The van der Waals surface area contributed by atoms with Crippen LogP contribution in [0, 0.1) is 0 Å². The van der Waals surface area contributed by atoms with Crippen LogP contribution in [0.5, 0.6) is 0 Å². The van der Waals surface area contributed by atoms with Gasteiger partial charge in [-0.1, -0.05) is 0 Å². The van der Waals surface area contributed by atoms with Crippen LogP contribution in [0.2, 0.25) is 0 Å². The largest absolute Gasteiger partial charge is 0.358 e. The Hall–Kier alpha value is -0.610. The van der Waals surface area contributed by atoms with Gasteiger partial charge in [-0.15, -0.1) is 24.0 Å². The number of carbonyl (C=O) groups excluding carboxylic acids is 1. The molecular weight excluding hydrogens is 419 g/mol. The van der Waals surface area contributed by atoms with E-state index in [-0.39, 0.29) is 35.4 Å². The fourth-order valence-electron chi connectivity index (χ4n) is 2.52. The summed E-state index contributed by atoms with van der Waals surface area (Å²) in [5.74, 6) is 0.936. The van der Waals surface area contributed by atoms with Crippen LogP contribution in [-0.2, 0) is 4.79 Å². The van der Waals surface area contributed by atoms with Gasteiger partial charge in [0.05, 0.1) is 6.54 Å². The summed E-state index contributed by atoms with van der Waals surface area (Å²) in [7, 11) is 3.48. The molecular formula is C16H35IN6O. The minimum Gasteiger partial charge on any atom is -0.358 e. The second-order valence-corrected chi connectivity index (χ2v) is 7.04. The zero-order chi connectivity index (χ0) is 17.3. The molecule has 1 saturated heterocycles. The highest BCUT2D eigenvalue weighted by Crippen LogP contribution is 2.09. The molecule has 0 unspecified atom stereocenters. The third-order valence-corrected chi connectivity index (χ3v) is 3.87. The Bertz CT molecular complexity index is 389. The van der Waals surface area contributed by atoms with E-state index in [1.807, 2.05) is 0 Å². The maximum Gasteiger partial charge on any atom is 0.233 e. The molecule has 1 aliphatic heterocycles. The molecule has 0 atom stereocenters. The van der Waals surface area contributed by atoms with Crippen molar-refractivity contribution < 1.29 is 4.79 Å². The van der Waals surface area contributed by atoms with Gasteiger partial charge in [0.2, 0.25) is 5.91 Å². The summed E-state index contributed by atoms with van der Waals surface area (Å²) in [6.45, 7) is 10.6. The molecule has 0 saturated carbocycles. The maximum absolute atomic E-state index is 11.4. The number of piperidine rings is 1. The molecule has 0 aromatic carbocycles. The fraction of sp³-hybridized carbons (Fsp3) is 0.875. The Morgan fingerprint density at radius 2 is 1.83 bits per heavy atom. The van der Waals surface area contributed by atoms with Gasteiger partial charge in [0.25, 0.3) is 0 Å². The molecule has 0 aliphatic carbocycles. The molecule has 0 bridgehead atoms. The highest BCUT2D eigenvalue weighted by atomic mass is 127. The SMILES string of the molecule is CN=C(NCCNC(C)(C)C)NC1CCN(CC(=O)NC)CC1.I. The summed E-state index contributed by atoms with van der Waals surface area (Å²) in [4.78, 5) is 17.9. The van der Waals surface area contributed by atoms with Crippen LogP contribution in [-0.4, -0.2) is 75.2 Å². The molecule has 1 amide bonds. The van der Waals surface area contributed by atoms with Gasteiger partial charge in [0.15, 0.2) is 5.96 Å². The van der Waals surface area contributed by atoms with Gasteiger partial charge >= 0.3 is 0 Å². The molecule has 0 aromatic rings. The lowest BCUT2D eigenvalue weighted by Gasteiger charge is -2.32. The molecule has 1 rings (SSSR count). The number of nitrogens with one attached hydrogen (secondary N) is 4. The van der Waals surface area contributed by atoms with Crippen molar-refractivity contribution in [2.45, 2.75) is 45.2 Å². The lowest BCUT2D eigenvalue weighted by Crippen LogP contribution is -2.51. The summed E-state index contributed by atoms with van der Waals surface area (Å²) in [5.41, 5.74) is 0.135. The van der Waals surface area contributed by atoms with Gasteiger partial charge in [0, 0.05) is 51.9 Å². The van der Waals surface area contributed by atoms with Crippen LogP contribution in [0.1, 0.15) is 33.6 Å². The summed E-state index contributed by atoms with van der Waals surface area (Å²) in [5, 5.41) is 12.9. The minimum absolute atomic E-state index is 0. The van der Waals surface area contributed by atoms with Crippen molar-refractivity contribution in [1.82, 2.24) is 26.2 Å². The normalized spacial score (nSPS) is 17.1. The molecule has 1 heterocycles. The monoisotopic (exact) mass is 454 g/mol. The number of hydrogen-bond acceptors (Lipinski definition) is 4. The van der Waals surface area contributed by atoms with E-state index in [1.54, 1.807) is 14.1 Å². The van der Waals surface area contributed by atoms with Crippen molar-refractivity contribution in [3.8, 4) is 0 Å². The third kappa shape index (κ3) is 10.3. The number of likely N-dealkylation sites (tertiary alicyclic amines) is 1. The topological polar surface area (TPSA) is 80.8 Å². The van der Waals surface area contributed by atoms with Crippen LogP contribution >= 0.6 is 24.0 Å². The maximum atomic E-state index is 11.4. The first-order chi connectivity index (χ1) is 10.8. The van der Waals surface area contributed by atoms with Crippen LogP contribution in [0.4, 0.5) is 0 Å². The number of halogens is 1. The predicted molar refractivity (Wildman–Crippen MR) is 111 cm³/mol. The zero-order valence-corrected chi connectivity index (χ0v) is 18.1. The van der Waals surface area contributed by atoms with Gasteiger partial charge < -0.3 is 21.3 Å². The summed E-state index contributed by atoms with van der Waals surface area (Å²) < 4.78 is 0. The molecule has 24 heavy (non-hydrogen) atoms. The number of likely N-dealkylation sites (N-methyl/N-ethyl adjacent to an activating group) is 1. The lowest BCUT2D eigenvalue weighted by atomic mass is 10.1. The number of amides is 1. The van der Waals surface area contributed by atoms with E-state index >= 15 is 0 Å². The summed E-state index contributed by atoms with van der Waals surface area (Å²) >= 11 is 0. The van der Waals surface area contributed by atoms with Crippen molar-refractivity contribution >= 4 is 35.8 Å². The number of guanidine groups is 1. The Morgan fingerprint density at radius 3 is 2.33 bits per heavy atom. The van der Waals surface area contributed by atoms with Crippen LogP contribution in [0.15, 0.2) is 4.99 Å². The van der Waals surface area contributed by atoms with E-state index in [1.165, 1.54) is 0 Å². The van der Waals surface area contributed by atoms with E-state index in [2.05, 4.69) is 51.9 Å². The molecule has 0 radical (unpaired) electrons. The van der Waals surface area contributed by atoms with E-state index in [0.717, 1.165) is 45.0 Å². The quantitative estimate of drug-likeness (QED) is 0.202. The van der Waals surface area contributed by atoms with E-state index in [9.17, 15) is 4.79 Å². The Labute approximate surface area is 163 Å². The molecule has 0 spiro atoms. The van der Waals surface area contributed by atoms with Gasteiger partial charge in [0.1, 0.15) is 0 Å². The number of hydrogen-bond donors (Lipinski definition) is 4. The zero-order valence-electron chi connectivity index (χ0n) is 15.7. The lowest BCUT2D eigenvalue weighted by molar-refractivity contribution is -0.122. The molecule has 4 N–H and O–H groups in total. The first-order valence-corrected chi connectivity index (χ1v) is 8.49. The number of aliphatic imine (C=N–C) groups is 1. The number of carbonyl (C=O) groups is 1. The number of nitrogens with zero attached hydrogens (tertiary/aromatic N) is 2. The van der Waals surface area contributed by atoms with E-state index in [0.29, 0.717) is 12.6 Å². The van der Waals surface area contributed by atoms with Crippen molar-refractivity contribution in [1.29, 1.82) is 0 Å².